The van der Waals surface area contributed by atoms with Crippen molar-refractivity contribution in [3.8, 4) is 0 Å². The van der Waals surface area contributed by atoms with Gasteiger partial charge in [0.2, 0.25) is 0 Å². The fraction of sp³-hybridized carbons (Fsp3) is 0.750. The van der Waals surface area contributed by atoms with Crippen molar-refractivity contribution in [2.45, 2.75) is 6.04 Å². The summed E-state index contributed by atoms with van der Waals surface area (Å²) in [5.74, 6) is -0.831. The minimum absolute atomic E-state index is 0.264. The highest BCUT2D eigenvalue weighted by Crippen LogP contribution is 2.17. The summed E-state index contributed by atoms with van der Waals surface area (Å²) in [4.78, 5) is 23.7. The number of ether oxygens (including phenoxy) is 2. The molecule has 6 heteroatoms. The van der Waals surface area contributed by atoms with Gasteiger partial charge in [0.25, 0.3) is 0 Å². The van der Waals surface area contributed by atoms with Crippen LogP contribution in [0.1, 0.15) is 0 Å². The molecule has 0 saturated carbocycles. The highest BCUT2D eigenvalue weighted by atomic mass is 16.5. The zero-order valence-corrected chi connectivity index (χ0v) is 8.23. The SMILES string of the molecule is COC(=O)C1CN(C(=O)OC)CC1N. The fourth-order valence-corrected chi connectivity index (χ4v) is 1.51. The molecule has 6 nitrogen and oxygen atoms in total. The molecular weight excluding hydrogens is 188 g/mol. The summed E-state index contributed by atoms with van der Waals surface area (Å²) in [6.07, 6.45) is -0.466. The van der Waals surface area contributed by atoms with Gasteiger partial charge in [-0.25, -0.2) is 4.79 Å². The number of carbonyl (C=O) groups is 2. The molecule has 0 bridgehead atoms. The number of rotatable bonds is 1. The molecule has 1 aliphatic rings. The van der Waals surface area contributed by atoms with Gasteiger partial charge in [-0.1, -0.05) is 0 Å². The molecular formula is C8H14N2O4. The van der Waals surface area contributed by atoms with Gasteiger partial charge in [-0.3, -0.25) is 4.79 Å². The molecule has 80 valence electrons. The van der Waals surface area contributed by atoms with E-state index in [-0.39, 0.29) is 18.6 Å². The van der Waals surface area contributed by atoms with Gasteiger partial charge in [0.05, 0.1) is 20.1 Å². The number of likely N-dealkylation sites (tertiary alicyclic amines) is 1. The second-order valence-electron chi connectivity index (χ2n) is 3.17. The Bertz CT molecular complexity index is 243. The topological polar surface area (TPSA) is 81.9 Å². The van der Waals surface area contributed by atoms with E-state index in [1.165, 1.54) is 19.1 Å². The standard InChI is InChI=1S/C8H14N2O4/c1-13-7(11)5-3-10(4-6(5)9)8(12)14-2/h5-6H,3-4,9H2,1-2H3. The summed E-state index contributed by atoms with van der Waals surface area (Å²) < 4.78 is 9.09. The number of methoxy groups -OCH3 is 2. The molecule has 1 heterocycles. The van der Waals surface area contributed by atoms with Crippen molar-refractivity contribution >= 4 is 12.1 Å². The minimum atomic E-state index is -0.466. The Kier molecular flexibility index (Phi) is 3.29. The fourth-order valence-electron chi connectivity index (χ4n) is 1.51. The van der Waals surface area contributed by atoms with E-state index >= 15 is 0 Å². The molecule has 1 rings (SSSR count). The van der Waals surface area contributed by atoms with Crippen LogP contribution in [0, 0.1) is 5.92 Å². The lowest BCUT2D eigenvalue weighted by Gasteiger charge is -2.13. The van der Waals surface area contributed by atoms with Crippen molar-refractivity contribution < 1.29 is 19.1 Å². The van der Waals surface area contributed by atoms with Crippen LogP contribution in [0.15, 0.2) is 0 Å². The van der Waals surface area contributed by atoms with Crippen LogP contribution in [0.4, 0.5) is 4.79 Å². The van der Waals surface area contributed by atoms with Crippen LogP contribution in [-0.4, -0.2) is 50.3 Å². The number of nitrogens with zero attached hydrogens (tertiary/aromatic N) is 1. The predicted molar refractivity (Wildman–Crippen MR) is 47.5 cm³/mol. The Labute approximate surface area is 81.9 Å². The molecule has 0 radical (unpaired) electrons. The van der Waals surface area contributed by atoms with Crippen LogP contribution in [-0.2, 0) is 14.3 Å². The van der Waals surface area contributed by atoms with E-state index in [4.69, 9.17) is 5.73 Å². The molecule has 1 saturated heterocycles. The smallest absolute Gasteiger partial charge is 0.409 e. The van der Waals surface area contributed by atoms with Crippen molar-refractivity contribution in [3.63, 3.8) is 0 Å². The summed E-state index contributed by atoms with van der Waals surface area (Å²) in [7, 11) is 2.59. The number of carbonyl (C=O) groups excluding carboxylic acids is 2. The Morgan fingerprint density at radius 1 is 1.29 bits per heavy atom. The monoisotopic (exact) mass is 202 g/mol. The second kappa shape index (κ2) is 4.28. The average Bonchev–Trinajstić information content (AvgIpc) is 2.58. The van der Waals surface area contributed by atoms with Gasteiger partial charge >= 0.3 is 12.1 Å². The average molecular weight is 202 g/mol. The third-order valence-electron chi connectivity index (χ3n) is 2.30. The van der Waals surface area contributed by atoms with Crippen LogP contribution < -0.4 is 5.73 Å². The summed E-state index contributed by atoms with van der Waals surface area (Å²) >= 11 is 0. The van der Waals surface area contributed by atoms with Crippen LogP contribution >= 0.6 is 0 Å². The molecule has 2 atom stereocenters. The van der Waals surface area contributed by atoms with Crippen molar-refractivity contribution in [1.82, 2.24) is 4.90 Å². The molecule has 2 N–H and O–H groups in total. The van der Waals surface area contributed by atoms with Crippen molar-refractivity contribution in [2.24, 2.45) is 11.7 Å². The second-order valence-corrected chi connectivity index (χ2v) is 3.17. The highest BCUT2D eigenvalue weighted by molar-refractivity contribution is 5.76. The maximum Gasteiger partial charge on any atom is 0.409 e. The van der Waals surface area contributed by atoms with Gasteiger partial charge in [0.15, 0.2) is 0 Å². The van der Waals surface area contributed by atoms with E-state index in [2.05, 4.69) is 9.47 Å². The molecule has 0 aromatic rings. The maximum atomic E-state index is 11.2. The third-order valence-corrected chi connectivity index (χ3v) is 2.30. The van der Waals surface area contributed by atoms with Crippen molar-refractivity contribution in [2.75, 3.05) is 27.3 Å². The number of nitrogens with two attached hydrogens (primary N) is 1. The largest absolute Gasteiger partial charge is 0.469 e. The molecule has 2 unspecified atom stereocenters. The van der Waals surface area contributed by atoms with Crippen LogP contribution in [0.5, 0.6) is 0 Å². The normalized spacial score (nSPS) is 26.1. The van der Waals surface area contributed by atoms with Gasteiger partial charge in [0.1, 0.15) is 0 Å². The van der Waals surface area contributed by atoms with Gasteiger partial charge in [-0.2, -0.15) is 0 Å². The zero-order chi connectivity index (χ0) is 10.7. The summed E-state index contributed by atoms with van der Waals surface area (Å²) in [5, 5.41) is 0. The zero-order valence-electron chi connectivity index (χ0n) is 8.23. The van der Waals surface area contributed by atoms with Crippen molar-refractivity contribution in [1.29, 1.82) is 0 Å². The van der Waals surface area contributed by atoms with Gasteiger partial charge in [-0.05, 0) is 0 Å². The molecule has 0 spiro atoms. The van der Waals surface area contributed by atoms with Gasteiger partial charge in [0, 0.05) is 19.1 Å². The highest BCUT2D eigenvalue weighted by Gasteiger charge is 2.38. The summed E-state index contributed by atoms with van der Waals surface area (Å²) in [6, 6.07) is -0.374. The van der Waals surface area contributed by atoms with Crippen LogP contribution in [0.2, 0.25) is 0 Å². The molecule has 1 amide bonds. The number of amides is 1. The number of esters is 1. The number of hydrogen-bond acceptors (Lipinski definition) is 5. The van der Waals surface area contributed by atoms with E-state index in [1.54, 1.807) is 0 Å². The molecule has 1 fully saturated rings. The first-order chi connectivity index (χ1) is 6.60. The molecule has 14 heavy (non-hydrogen) atoms. The number of hydrogen-bond donors (Lipinski definition) is 1. The van der Waals surface area contributed by atoms with E-state index in [9.17, 15) is 9.59 Å². The van der Waals surface area contributed by atoms with E-state index in [1.807, 2.05) is 0 Å². The van der Waals surface area contributed by atoms with E-state index in [0.29, 0.717) is 6.54 Å². The van der Waals surface area contributed by atoms with Crippen LogP contribution in [0.25, 0.3) is 0 Å². The molecule has 0 aliphatic carbocycles. The first kappa shape index (κ1) is 10.8. The lowest BCUT2D eigenvalue weighted by Crippen LogP contribution is -2.34. The predicted octanol–water partition coefficient (Wildman–Crippen LogP) is -0.815. The van der Waals surface area contributed by atoms with Crippen LogP contribution in [0.3, 0.4) is 0 Å². The molecule has 1 aliphatic heterocycles. The summed E-state index contributed by atoms with van der Waals surface area (Å²) in [6.45, 7) is 0.590. The lowest BCUT2D eigenvalue weighted by atomic mass is 10.1. The van der Waals surface area contributed by atoms with Gasteiger partial charge < -0.3 is 20.1 Å². The maximum absolute atomic E-state index is 11.2. The van der Waals surface area contributed by atoms with E-state index < -0.39 is 12.0 Å². The first-order valence-electron chi connectivity index (χ1n) is 4.26. The molecule has 0 aromatic heterocycles. The Balaban J connectivity index is 2.59. The summed E-state index contributed by atoms with van der Waals surface area (Å²) in [5.41, 5.74) is 5.69. The third kappa shape index (κ3) is 1.95. The lowest BCUT2D eigenvalue weighted by molar-refractivity contribution is -0.145. The minimum Gasteiger partial charge on any atom is -0.469 e. The van der Waals surface area contributed by atoms with E-state index in [0.717, 1.165) is 0 Å². The molecule has 0 aromatic carbocycles. The Morgan fingerprint density at radius 2 is 1.93 bits per heavy atom. The first-order valence-corrected chi connectivity index (χ1v) is 4.26. The van der Waals surface area contributed by atoms with Crippen molar-refractivity contribution in [3.05, 3.63) is 0 Å². The quantitative estimate of drug-likeness (QED) is 0.562. The Morgan fingerprint density at radius 3 is 2.43 bits per heavy atom. The Hall–Kier alpha value is -1.30. The van der Waals surface area contributed by atoms with Gasteiger partial charge in [-0.15, -0.1) is 0 Å².